The van der Waals surface area contributed by atoms with Gasteiger partial charge >= 0.3 is 0 Å². The van der Waals surface area contributed by atoms with E-state index in [-0.39, 0.29) is 5.82 Å². The summed E-state index contributed by atoms with van der Waals surface area (Å²) in [5.74, 6) is -0.237. The number of halogens is 1. The highest BCUT2D eigenvalue weighted by atomic mass is 19.1. The van der Waals surface area contributed by atoms with Gasteiger partial charge in [-0.05, 0) is 41.8 Å². The zero-order chi connectivity index (χ0) is 16.1. The smallest absolute Gasteiger partial charge is 0.123 e. The fraction of sp³-hybridized carbons (Fsp3) is 0.0526. The number of imidazole rings is 1. The molecule has 2 aromatic carbocycles. The van der Waals surface area contributed by atoms with Crippen LogP contribution in [-0.2, 0) is 6.42 Å². The molecule has 0 saturated carbocycles. The number of benzene rings is 2. The Morgan fingerprint density at radius 1 is 1.13 bits per heavy atom. The summed E-state index contributed by atoms with van der Waals surface area (Å²) in [5, 5.41) is 8.91. The molecule has 3 aromatic rings. The first kappa shape index (κ1) is 14.7. The lowest BCUT2D eigenvalue weighted by Gasteiger charge is -2.07. The van der Waals surface area contributed by atoms with Crippen molar-refractivity contribution in [2.45, 2.75) is 6.42 Å². The molecule has 0 amide bonds. The van der Waals surface area contributed by atoms with Crippen LogP contribution in [-0.4, -0.2) is 9.97 Å². The third kappa shape index (κ3) is 3.53. The summed E-state index contributed by atoms with van der Waals surface area (Å²) in [6.45, 7) is 0. The lowest BCUT2D eigenvalue weighted by Crippen LogP contribution is -1.91. The van der Waals surface area contributed by atoms with Crippen molar-refractivity contribution in [1.82, 2.24) is 9.97 Å². The quantitative estimate of drug-likeness (QED) is 0.789. The Balaban J connectivity index is 1.93. The number of allylic oxidation sites excluding steroid dienone is 1. The molecular formula is C19H14FN3. The van der Waals surface area contributed by atoms with Gasteiger partial charge in [0.05, 0.1) is 29.9 Å². The Bertz CT molecular complexity index is 839. The van der Waals surface area contributed by atoms with E-state index in [1.165, 1.54) is 12.1 Å². The van der Waals surface area contributed by atoms with E-state index in [9.17, 15) is 4.39 Å². The Hall–Kier alpha value is -3.19. The van der Waals surface area contributed by atoms with Crippen molar-refractivity contribution in [2.75, 3.05) is 0 Å². The van der Waals surface area contributed by atoms with Crippen LogP contribution in [0.3, 0.4) is 0 Å². The molecule has 0 fully saturated rings. The lowest BCUT2D eigenvalue weighted by molar-refractivity contribution is 0.627. The van der Waals surface area contributed by atoms with Crippen LogP contribution in [0.25, 0.3) is 5.57 Å². The van der Waals surface area contributed by atoms with E-state index in [2.05, 4.69) is 22.1 Å². The van der Waals surface area contributed by atoms with Crippen LogP contribution < -0.4 is 0 Å². The molecule has 0 radical (unpaired) electrons. The second-order valence-corrected chi connectivity index (χ2v) is 5.10. The van der Waals surface area contributed by atoms with Crippen LogP contribution in [0.1, 0.15) is 22.4 Å². The Morgan fingerprint density at radius 2 is 1.87 bits per heavy atom. The minimum absolute atomic E-state index is 0.237. The molecule has 4 heteroatoms. The number of rotatable bonds is 4. The minimum Gasteiger partial charge on any atom is -0.345 e. The zero-order valence-electron chi connectivity index (χ0n) is 12.3. The molecular weight excluding hydrogens is 289 g/mol. The van der Waals surface area contributed by atoms with E-state index in [4.69, 9.17) is 5.26 Å². The predicted octanol–water partition coefficient (Wildman–Crippen LogP) is 4.09. The van der Waals surface area contributed by atoms with E-state index < -0.39 is 0 Å². The fourth-order valence-corrected chi connectivity index (χ4v) is 2.35. The third-order valence-electron chi connectivity index (χ3n) is 3.57. The zero-order valence-corrected chi connectivity index (χ0v) is 12.3. The van der Waals surface area contributed by atoms with E-state index in [1.54, 1.807) is 36.8 Å². The molecule has 0 atom stereocenters. The summed E-state index contributed by atoms with van der Waals surface area (Å²) in [6.07, 6.45) is 6.14. The van der Waals surface area contributed by atoms with Gasteiger partial charge in [-0.3, -0.25) is 0 Å². The molecule has 0 unspecified atom stereocenters. The average molecular weight is 303 g/mol. The molecule has 0 aliphatic heterocycles. The maximum absolute atomic E-state index is 13.0. The van der Waals surface area contributed by atoms with Crippen molar-refractivity contribution in [3.8, 4) is 6.07 Å². The Morgan fingerprint density at radius 3 is 2.48 bits per heavy atom. The number of nitrogens with zero attached hydrogens (tertiary/aromatic N) is 2. The molecule has 1 heterocycles. The molecule has 0 aliphatic carbocycles. The number of H-pyrrole nitrogens is 1. The SMILES string of the molecule is N#Cc1ccc(/C(=C\Cc2ccc(F)cc2)c2cnc[nH]2)cc1. The van der Waals surface area contributed by atoms with Crippen LogP contribution in [0, 0.1) is 17.1 Å². The molecule has 1 aromatic heterocycles. The van der Waals surface area contributed by atoms with Crippen molar-refractivity contribution < 1.29 is 4.39 Å². The van der Waals surface area contributed by atoms with E-state index >= 15 is 0 Å². The van der Waals surface area contributed by atoms with Gasteiger partial charge in [0.15, 0.2) is 0 Å². The number of hydrogen-bond acceptors (Lipinski definition) is 2. The predicted molar refractivity (Wildman–Crippen MR) is 86.9 cm³/mol. The third-order valence-corrected chi connectivity index (χ3v) is 3.57. The molecule has 0 spiro atoms. The normalized spacial score (nSPS) is 11.2. The average Bonchev–Trinajstić information content (AvgIpc) is 3.12. The van der Waals surface area contributed by atoms with E-state index in [1.807, 2.05) is 12.1 Å². The Kier molecular flexibility index (Phi) is 4.30. The van der Waals surface area contributed by atoms with Gasteiger partial charge in [-0.25, -0.2) is 9.37 Å². The van der Waals surface area contributed by atoms with E-state index in [0.717, 1.165) is 22.4 Å². The highest BCUT2D eigenvalue weighted by molar-refractivity contribution is 5.78. The van der Waals surface area contributed by atoms with Crippen molar-refractivity contribution in [3.05, 3.63) is 95.3 Å². The van der Waals surface area contributed by atoms with Crippen molar-refractivity contribution in [3.63, 3.8) is 0 Å². The van der Waals surface area contributed by atoms with Gasteiger partial charge in [0.2, 0.25) is 0 Å². The monoisotopic (exact) mass is 303 g/mol. The summed E-state index contributed by atoms with van der Waals surface area (Å²) in [4.78, 5) is 7.18. The van der Waals surface area contributed by atoms with Crippen molar-refractivity contribution in [1.29, 1.82) is 5.26 Å². The van der Waals surface area contributed by atoms with Crippen LogP contribution in [0.2, 0.25) is 0 Å². The largest absolute Gasteiger partial charge is 0.345 e. The van der Waals surface area contributed by atoms with Gasteiger partial charge in [0.1, 0.15) is 5.82 Å². The number of nitriles is 1. The van der Waals surface area contributed by atoms with E-state index in [0.29, 0.717) is 12.0 Å². The molecule has 1 N–H and O–H groups in total. The molecule has 0 bridgehead atoms. The lowest BCUT2D eigenvalue weighted by atomic mass is 9.99. The van der Waals surface area contributed by atoms with Crippen LogP contribution >= 0.6 is 0 Å². The van der Waals surface area contributed by atoms with Gasteiger partial charge in [-0.2, -0.15) is 5.26 Å². The second kappa shape index (κ2) is 6.71. The van der Waals surface area contributed by atoms with Gasteiger partial charge in [0.25, 0.3) is 0 Å². The molecule has 3 nitrogen and oxygen atoms in total. The van der Waals surface area contributed by atoms with Crippen LogP contribution in [0.15, 0.2) is 67.1 Å². The first-order valence-electron chi connectivity index (χ1n) is 7.20. The highest BCUT2D eigenvalue weighted by Crippen LogP contribution is 2.23. The van der Waals surface area contributed by atoms with Gasteiger partial charge in [-0.15, -0.1) is 0 Å². The molecule has 3 rings (SSSR count). The minimum atomic E-state index is -0.237. The van der Waals surface area contributed by atoms with Crippen LogP contribution in [0.5, 0.6) is 0 Å². The first-order chi connectivity index (χ1) is 11.3. The molecule has 0 aliphatic rings. The molecule has 0 saturated heterocycles. The molecule has 23 heavy (non-hydrogen) atoms. The van der Waals surface area contributed by atoms with Gasteiger partial charge < -0.3 is 4.98 Å². The van der Waals surface area contributed by atoms with Crippen molar-refractivity contribution in [2.24, 2.45) is 0 Å². The Labute approximate surface area is 133 Å². The summed E-state index contributed by atoms with van der Waals surface area (Å²) in [5.41, 5.74) is 4.54. The summed E-state index contributed by atoms with van der Waals surface area (Å²) < 4.78 is 13.0. The molecule has 112 valence electrons. The number of aromatic amines is 1. The topological polar surface area (TPSA) is 52.5 Å². The fourth-order valence-electron chi connectivity index (χ4n) is 2.35. The van der Waals surface area contributed by atoms with Gasteiger partial charge in [0, 0.05) is 5.57 Å². The maximum Gasteiger partial charge on any atom is 0.123 e. The summed E-state index contributed by atoms with van der Waals surface area (Å²) in [6, 6.07) is 16.0. The van der Waals surface area contributed by atoms with Gasteiger partial charge in [-0.1, -0.05) is 30.3 Å². The van der Waals surface area contributed by atoms with Crippen LogP contribution in [0.4, 0.5) is 4.39 Å². The first-order valence-corrected chi connectivity index (χ1v) is 7.20. The maximum atomic E-state index is 13.0. The second-order valence-electron chi connectivity index (χ2n) is 5.10. The summed E-state index contributed by atoms with van der Waals surface area (Å²) >= 11 is 0. The van der Waals surface area contributed by atoms with Crippen molar-refractivity contribution >= 4 is 5.57 Å². The highest BCUT2D eigenvalue weighted by Gasteiger charge is 2.07. The number of hydrogen-bond donors (Lipinski definition) is 1. The number of aromatic nitrogens is 2. The standard InChI is InChI=1S/C19H14FN3/c20-17-8-3-14(4-9-17)5-10-18(19-12-22-13-23-19)16-6-1-15(11-21)2-7-16/h1-4,6-10,12-13H,5H2,(H,22,23)/b18-10+. The summed E-state index contributed by atoms with van der Waals surface area (Å²) in [7, 11) is 0. The number of nitrogens with one attached hydrogen (secondary N) is 1.